The summed E-state index contributed by atoms with van der Waals surface area (Å²) in [6.45, 7) is 8.49. The quantitative estimate of drug-likeness (QED) is 0.787. The van der Waals surface area contributed by atoms with E-state index in [0.717, 1.165) is 57.8 Å². The van der Waals surface area contributed by atoms with Crippen molar-refractivity contribution in [1.82, 2.24) is 10.2 Å². The normalized spacial score (nSPS) is 23.1. The second-order valence-corrected chi connectivity index (χ2v) is 6.07. The van der Waals surface area contributed by atoms with Crippen LogP contribution in [-0.4, -0.2) is 37.0 Å². The zero-order valence-corrected chi connectivity index (χ0v) is 12.0. The number of hydrogen-bond donors (Lipinski definition) is 1. The van der Waals surface area contributed by atoms with Gasteiger partial charge in [0.15, 0.2) is 0 Å². The highest BCUT2D eigenvalue weighted by Crippen LogP contribution is 2.51. The van der Waals surface area contributed by atoms with E-state index in [9.17, 15) is 4.79 Å². The molecule has 3 nitrogen and oxygen atoms in total. The Hall–Kier alpha value is -0.570. The van der Waals surface area contributed by atoms with Gasteiger partial charge in [-0.25, -0.2) is 0 Å². The van der Waals surface area contributed by atoms with Crippen LogP contribution >= 0.6 is 0 Å². The number of carbonyl (C=O) groups excluding carboxylic acids is 1. The standard InChI is InChI=1S/C15H28N2O/c1-3-7-15(8-9-15)14(18)17-10-5-13(6-11-17)12-16-4-2/h13,16H,3-12H2,1-2H3. The second-order valence-electron chi connectivity index (χ2n) is 6.07. The lowest BCUT2D eigenvalue weighted by Gasteiger charge is -2.34. The molecule has 0 aromatic carbocycles. The zero-order valence-electron chi connectivity index (χ0n) is 12.0. The molecule has 0 spiro atoms. The Morgan fingerprint density at radius 1 is 1.28 bits per heavy atom. The van der Waals surface area contributed by atoms with Gasteiger partial charge >= 0.3 is 0 Å². The molecule has 1 saturated heterocycles. The molecular weight excluding hydrogens is 224 g/mol. The fraction of sp³-hybridized carbons (Fsp3) is 0.933. The summed E-state index contributed by atoms with van der Waals surface area (Å²) in [5.74, 6) is 1.24. The minimum atomic E-state index is 0.0727. The van der Waals surface area contributed by atoms with E-state index in [1.165, 1.54) is 12.8 Å². The van der Waals surface area contributed by atoms with Crippen LogP contribution in [0.5, 0.6) is 0 Å². The van der Waals surface area contributed by atoms with Gasteiger partial charge in [0.2, 0.25) is 5.91 Å². The maximum atomic E-state index is 12.5. The van der Waals surface area contributed by atoms with E-state index in [1.54, 1.807) is 0 Å². The Labute approximate surface area is 111 Å². The molecule has 1 amide bonds. The summed E-state index contributed by atoms with van der Waals surface area (Å²) in [7, 11) is 0. The summed E-state index contributed by atoms with van der Waals surface area (Å²) in [6.07, 6.45) is 6.88. The first-order valence-electron chi connectivity index (χ1n) is 7.72. The zero-order chi connectivity index (χ0) is 13.0. The molecule has 0 radical (unpaired) electrons. The SMILES string of the molecule is CCCC1(C(=O)N2CCC(CNCC)CC2)CC1. The van der Waals surface area contributed by atoms with Crippen LogP contribution in [0.4, 0.5) is 0 Å². The maximum Gasteiger partial charge on any atom is 0.228 e. The van der Waals surface area contributed by atoms with Crippen molar-refractivity contribution in [2.45, 2.75) is 52.4 Å². The van der Waals surface area contributed by atoms with Crippen molar-refractivity contribution in [3.63, 3.8) is 0 Å². The summed E-state index contributed by atoms with van der Waals surface area (Å²) in [5.41, 5.74) is 0.0727. The molecule has 1 N–H and O–H groups in total. The van der Waals surface area contributed by atoms with Crippen LogP contribution in [0.2, 0.25) is 0 Å². The Balaban J connectivity index is 1.77. The minimum absolute atomic E-state index is 0.0727. The van der Waals surface area contributed by atoms with Crippen LogP contribution in [0.1, 0.15) is 52.4 Å². The van der Waals surface area contributed by atoms with Crippen molar-refractivity contribution in [1.29, 1.82) is 0 Å². The van der Waals surface area contributed by atoms with Crippen molar-refractivity contribution in [2.75, 3.05) is 26.2 Å². The van der Waals surface area contributed by atoms with E-state index in [1.807, 2.05) is 0 Å². The van der Waals surface area contributed by atoms with Gasteiger partial charge in [-0.2, -0.15) is 0 Å². The first-order chi connectivity index (χ1) is 8.72. The molecule has 2 fully saturated rings. The lowest BCUT2D eigenvalue weighted by atomic mass is 9.93. The lowest BCUT2D eigenvalue weighted by molar-refractivity contribution is -0.138. The monoisotopic (exact) mass is 252 g/mol. The Bertz CT molecular complexity index is 278. The largest absolute Gasteiger partial charge is 0.342 e. The Kier molecular flexibility index (Phi) is 4.66. The van der Waals surface area contributed by atoms with Gasteiger partial charge in [0.05, 0.1) is 0 Å². The Morgan fingerprint density at radius 2 is 1.94 bits per heavy atom. The molecule has 2 aliphatic rings. The van der Waals surface area contributed by atoms with Crippen LogP contribution in [0, 0.1) is 11.3 Å². The molecule has 1 saturated carbocycles. The molecule has 0 aromatic heterocycles. The van der Waals surface area contributed by atoms with Gasteiger partial charge in [0.25, 0.3) is 0 Å². The highest BCUT2D eigenvalue weighted by molar-refractivity contribution is 5.85. The highest BCUT2D eigenvalue weighted by atomic mass is 16.2. The molecule has 1 aliphatic heterocycles. The number of likely N-dealkylation sites (tertiary alicyclic amines) is 1. The van der Waals surface area contributed by atoms with Crippen molar-refractivity contribution in [2.24, 2.45) is 11.3 Å². The molecular formula is C15H28N2O. The molecule has 18 heavy (non-hydrogen) atoms. The molecule has 0 bridgehead atoms. The molecule has 1 aliphatic carbocycles. The van der Waals surface area contributed by atoms with Crippen molar-refractivity contribution < 1.29 is 4.79 Å². The van der Waals surface area contributed by atoms with Gasteiger partial charge in [-0.3, -0.25) is 4.79 Å². The third-order valence-corrected chi connectivity index (χ3v) is 4.62. The first-order valence-corrected chi connectivity index (χ1v) is 7.72. The fourth-order valence-electron chi connectivity index (χ4n) is 3.22. The Morgan fingerprint density at radius 3 is 2.44 bits per heavy atom. The predicted molar refractivity (Wildman–Crippen MR) is 74.4 cm³/mol. The molecule has 3 heteroatoms. The topological polar surface area (TPSA) is 32.3 Å². The molecule has 1 heterocycles. The number of nitrogens with one attached hydrogen (secondary N) is 1. The summed E-state index contributed by atoms with van der Waals surface area (Å²) >= 11 is 0. The average molecular weight is 252 g/mol. The van der Waals surface area contributed by atoms with E-state index in [2.05, 4.69) is 24.1 Å². The molecule has 2 rings (SSSR count). The lowest BCUT2D eigenvalue weighted by Crippen LogP contribution is -2.44. The number of carbonyl (C=O) groups is 1. The third-order valence-electron chi connectivity index (χ3n) is 4.62. The van der Waals surface area contributed by atoms with E-state index >= 15 is 0 Å². The van der Waals surface area contributed by atoms with Crippen molar-refractivity contribution in [3.05, 3.63) is 0 Å². The van der Waals surface area contributed by atoms with Gasteiger partial charge in [-0.15, -0.1) is 0 Å². The third kappa shape index (κ3) is 3.05. The molecule has 104 valence electrons. The summed E-state index contributed by atoms with van der Waals surface area (Å²) in [6, 6.07) is 0. The van der Waals surface area contributed by atoms with Crippen LogP contribution in [-0.2, 0) is 4.79 Å². The van der Waals surface area contributed by atoms with Crippen LogP contribution in [0.25, 0.3) is 0 Å². The number of hydrogen-bond acceptors (Lipinski definition) is 2. The van der Waals surface area contributed by atoms with Crippen molar-refractivity contribution >= 4 is 5.91 Å². The summed E-state index contributed by atoms with van der Waals surface area (Å²) < 4.78 is 0. The number of piperidine rings is 1. The average Bonchev–Trinajstić information content (AvgIpc) is 3.17. The van der Waals surface area contributed by atoms with Gasteiger partial charge in [-0.1, -0.05) is 20.3 Å². The van der Waals surface area contributed by atoms with E-state index in [4.69, 9.17) is 0 Å². The molecule has 0 unspecified atom stereocenters. The van der Waals surface area contributed by atoms with Gasteiger partial charge in [-0.05, 0) is 51.1 Å². The predicted octanol–water partition coefficient (Wildman–Crippen LogP) is 2.41. The minimum Gasteiger partial charge on any atom is -0.342 e. The summed E-state index contributed by atoms with van der Waals surface area (Å²) in [4.78, 5) is 14.6. The summed E-state index contributed by atoms with van der Waals surface area (Å²) in [5, 5.41) is 3.42. The smallest absolute Gasteiger partial charge is 0.228 e. The van der Waals surface area contributed by atoms with Gasteiger partial charge in [0, 0.05) is 18.5 Å². The van der Waals surface area contributed by atoms with Crippen LogP contribution in [0.15, 0.2) is 0 Å². The number of amides is 1. The number of nitrogens with zero attached hydrogens (tertiary/aromatic N) is 1. The number of rotatable bonds is 6. The molecule has 0 atom stereocenters. The van der Waals surface area contributed by atoms with E-state index in [-0.39, 0.29) is 5.41 Å². The van der Waals surface area contributed by atoms with Crippen LogP contribution in [0.3, 0.4) is 0 Å². The van der Waals surface area contributed by atoms with Crippen LogP contribution < -0.4 is 5.32 Å². The van der Waals surface area contributed by atoms with Gasteiger partial charge in [0.1, 0.15) is 0 Å². The van der Waals surface area contributed by atoms with E-state index < -0.39 is 0 Å². The fourth-order valence-corrected chi connectivity index (χ4v) is 3.22. The van der Waals surface area contributed by atoms with Gasteiger partial charge < -0.3 is 10.2 Å². The van der Waals surface area contributed by atoms with Crippen molar-refractivity contribution in [3.8, 4) is 0 Å². The molecule has 0 aromatic rings. The second kappa shape index (κ2) is 6.05. The first kappa shape index (κ1) is 13.9. The maximum absolute atomic E-state index is 12.5. The highest BCUT2D eigenvalue weighted by Gasteiger charge is 2.50. The van der Waals surface area contributed by atoms with E-state index in [0.29, 0.717) is 5.91 Å².